The number of hydrogen-bond acceptors (Lipinski definition) is 4. The van der Waals surface area contributed by atoms with Crippen LogP contribution in [0.5, 0.6) is 5.75 Å². The summed E-state index contributed by atoms with van der Waals surface area (Å²) in [7, 11) is 1.66. The standard InChI is InChI=1S/C19H27N3O3/c1-13-10-14(6-7-17(13)25-2)12-22-9-8-20-19(24)16(22)11-18(23)21-15-4-3-5-15/h6-7,10,15-16H,3-5,8-9,11-12H2,1-2H3,(H,20,24)(H,21,23)/t16-/m0/s1. The maximum Gasteiger partial charge on any atom is 0.237 e. The molecule has 3 rings (SSSR count). The SMILES string of the molecule is COc1ccc(CN2CCNC(=O)[C@@H]2CC(=O)NC2CCC2)cc1C. The number of aryl methyl sites for hydroxylation is 1. The number of nitrogens with zero attached hydrogens (tertiary/aromatic N) is 1. The summed E-state index contributed by atoms with van der Waals surface area (Å²) in [5.74, 6) is 0.777. The first-order valence-electron chi connectivity index (χ1n) is 9.01. The fourth-order valence-electron chi connectivity index (χ4n) is 3.46. The number of amides is 2. The van der Waals surface area contributed by atoms with Gasteiger partial charge in [0, 0.05) is 25.7 Å². The Bertz CT molecular complexity index is 643. The summed E-state index contributed by atoms with van der Waals surface area (Å²) in [6.07, 6.45) is 3.50. The Morgan fingerprint density at radius 1 is 1.40 bits per heavy atom. The molecule has 2 N–H and O–H groups in total. The fraction of sp³-hybridized carbons (Fsp3) is 0.579. The number of methoxy groups -OCH3 is 1. The van der Waals surface area contributed by atoms with Gasteiger partial charge in [-0.15, -0.1) is 0 Å². The van der Waals surface area contributed by atoms with Crippen molar-refractivity contribution >= 4 is 11.8 Å². The fourth-order valence-corrected chi connectivity index (χ4v) is 3.46. The lowest BCUT2D eigenvalue weighted by atomic mass is 9.93. The zero-order valence-electron chi connectivity index (χ0n) is 15.0. The van der Waals surface area contributed by atoms with E-state index < -0.39 is 6.04 Å². The van der Waals surface area contributed by atoms with Crippen LogP contribution in [0.25, 0.3) is 0 Å². The summed E-state index contributed by atoms with van der Waals surface area (Å²) in [5, 5.41) is 5.91. The van der Waals surface area contributed by atoms with Crippen molar-refractivity contribution < 1.29 is 14.3 Å². The van der Waals surface area contributed by atoms with Crippen LogP contribution in [-0.2, 0) is 16.1 Å². The lowest BCUT2D eigenvalue weighted by Gasteiger charge is -2.35. The average molecular weight is 345 g/mol. The van der Waals surface area contributed by atoms with E-state index >= 15 is 0 Å². The first-order chi connectivity index (χ1) is 12.1. The average Bonchev–Trinajstić information content (AvgIpc) is 2.54. The zero-order chi connectivity index (χ0) is 17.8. The molecule has 6 nitrogen and oxygen atoms in total. The maximum absolute atomic E-state index is 12.3. The molecule has 6 heteroatoms. The van der Waals surface area contributed by atoms with Gasteiger partial charge in [0.15, 0.2) is 0 Å². The summed E-state index contributed by atoms with van der Waals surface area (Å²) in [4.78, 5) is 26.7. The Labute approximate surface area is 148 Å². The van der Waals surface area contributed by atoms with Gasteiger partial charge in [0.25, 0.3) is 0 Å². The minimum absolute atomic E-state index is 0.0253. The molecule has 2 aliphatic rings. The molecule has 1 aliphatic heterocycles. The van der Waals surface area contributed by atoms with Crippen LogP contribution in [-0.4, -0.2) is 49.0 Å². The van der Waals surface area contributed by atoms with Crippen molar-refractivity contribution in [3.63, 3.8) is 0 Å². The lowest BCUT2D eigenvalue weighted by Crippen LogP contribution is -2.56. The number of ether oxygens (including phenoxy) is 1. The number of benzene rings is 1. The molecular weight excluding hydrogens is 318 g/mol. The topological polar surface area (TPSA) is 70.7 Å². The third-order valence-electron chi connectivity index (χ3n) is 5.14. The predicted octanol–water partition coefficient (Wildman–Crippen LogP) is 1.36. The minimum Gasteiger partial charge on any atom is -0.496 e. The van der Waals surface area contributed by atoms with Crippen molar-refractivity contribution in [1.29, 1.82) is 0 Å². The van der Waals surface area contributed by atoms with E-state index in [1.54, 1.807) is 7.11 Å². The molecule has 1 aromatic carbocycles. The summed E-state index contributed by atoms with van der Waals surface area (Å²) < 4.78 is 5.30. The van der Waals surface area contributed by atoms with Crippen LogP contribution in [0.1, 0.15) is 36.8 Å². The summed E-state index contributed by atoms with van der Waals surface area (Å²) in [6, 6.07) is 5.95. The number of rotatable bonds is 6. The van der Waals surface area contributed by atoms with Crippen LogP contribution in [0.3, 0.4) is 0 Å². The van der Waals surface area contributed by atoms with Crippen LogP contribution in [0.4, 0.5) is 0 Å². The second-order valence-corrected chi connectivity index (χ2v) is 6.98. The molecule has 0 unspecified atom stereocenters. The largest absolute Gasteiger partial charge is 0.496 e. The summed E-state index contributed by atoms with van der Waals surface area (Å²) in [6.45, 7) is 4.03. The number of nitrogens with one attached hydrogen (secondary N) is 2. The molecule has 0 radical (unpaired) electrons. The summed E-state index contributed by atoms with van der Waals surface area (Å²) >= 11 is 0. The number of hydrogen-bond donors (Lipinski definition) is 2. The molecule has 0 spiro atoms. The first kappa shape index (κ1) is 17.7. The van der Waals surface area contributed by atoms with Crippen molar-refractivity contribution in [2.24, 2.45) is 0 Å². The van der Waals surface area contributed by atoms with Crippen LogP contribution >= 0.6 is 0 Å². The molecule has 2 amide bonds. The highest BCUT2D eigenvalue weighted by Gasteiger charge is 2.32. The zero-order valence-corrected chi connectivity index (χ0v) is 15.0. The molecule has 0 bridgehead atoms. The molecule has 2 fully saturated rings. The second-order valence-electron chi connectivity index (χ2n) is 6.98. The molecule has 1 aromatic rings. The van der Waals surface area contributed by atoms with Gasteiger partial charge in [0.05, 0.1) is 19.6 Å². The van der Waals surface area contributed by atoms with Crippen LogP contribution in [0, 0.1) is 6.92 Å². The van der Waals surface area contributed by atoms with Crippen LogP contribution in [0.15, 0.2) is 18.2 Å². The van der Waals surface area contributed by atoms with E-state index in [1.807, 2.05) is 19.1 Å². The highest BCUT2D eigenvalue weighted by atomic mass is 16.5. The van der Waals surface area contributed by atoms with Gasteiger partial charge in [-0.25, -0.2) is 0 Å². The first-order valence-corrected chi connectivity index (χ1v) is 9.01. The quantitative estimate of drug-likeness (QED) is 0.817. The van der Waals surface area contributed by atoms with Crippen LogP contribution < -0.4 is 15.4 Å². The molecule has 1 saturated heterocycles. The molecule has 1 atom stereocenters. The van der Waals surface area contributed by atoms with Crippen molar-refractivity contribution in [2.45, 2.75) is 51.2 Å². The van der Waals surface area contributed by atoms with Gasteiger partial charge in [-0.2, -0.15) is 0 Å². The second kappa shape index (κ2) is 7.87. The Hall–Kier alpha value is -2.08. The van der Waals surface area contributed by atoms with Crippen molar-refractivity contribution in [2.75, 3.05) is 20.2 Å². The molecular formula is C19H27N3O3. The van der Waals surface area contributed by atoms with Gasteiger partial charge in [-0.1, -0.05) is 12.1 Å². The Balaban J connectivity index is 1.65. The Kier molecular flexibility index (Phi) is 5.58. The van der Waals surface area contributed by atoms with Crippen molar-refractivity contribution in [3.8, 4) is 5.75 Å². The van der Waals surface area contributed by atoms with Gasteiger partial charge in [0.1, 0.15) is 5.75 Å². The number of carbonyl (C=O) groups is 2. The smallest absolute Gasteiger partial charge is 0.237 e. The molecule has 1 saturated carbocycles. The van der Waals surface area contributed by atoms with E-state index in [4.69, 9.17) is 4.74 Å². The molecule has 0 aromatic heterocycles. The van der Waals surface area contributed by atoms with E-state index in [0.717, 1.165) is 36.3 Å². The van der Waals surface area contributed by atoms with Crippen LogP contribution in [0.2, 0.25) is 0 Å². The Morgan fingerprint density at radius 3 is 2.84 bits per heavy atom. The van der Waals surface area contributed by atoms with E-state index in [9.17, 15) is 9.59 Å². The molecule has 1 aliphatic carbocycles. The molecule has 1 heterocycles. The highest BCUT2D eigenvalue weighted by Crippen LogP contribution is 2.22. The van der Waals surface area contributed by atoms with Gasteiger partial charge in [-0.05, 0) is 43.4 Å². The highest BCUT2D eigenvalue weighted by molar-refractivity contribution is 5.88. The van der Waals surface area contributed by atoms with E-state index in [1.165, 1.54) is 6.42 Å². The van der Waals surface area contributed by atoms with Crippen molar-refractivity contribution in [1.82, 2.24) is 15.5 Å². The van der Waals surface area contributed by atoms with Gasteiger partial charge >= 0.3 is 0 Å². The third kappa shape index (κ3) is 4.31. The molecule has 25 heavy (non-hydrogen) atoms. The van der Waals surface area contributed by atoms with Gasteiger partial charge in [0.2, 0.25) is 11.8 Å². The van der Waals surface area contributed by atoms with E-state index in [2.05, 4.69) is 21.6 Å². The monoisotopic (exact) mass is 345 g/mol. The number of carbonyl (C=O) groups excluding carboxylic acids is 2. The summed E-state index contributed by atoms with van der Waals surface area (Å²) in [5.41, 5.74) is 2.19. The van der Waals surface area contributed by atoms with Crippen molar-refractivity contribution in [3.05, 3.63) is 29.3 Å². The van der Waals surface area contributed by atoms with E-state index in [-0.39, 0.29) is 18.2 Å². The van der Waals surface area contributed by atoms with E-state index in [0.29, 0.717) is 19.1 Å². The minimum atomic E-state index is -0.406. The predicted molar refractivity (Wildman–Crippen MR) is 95.3 cm³/mol. The number of piperazine rings is 1. The van der Waals surface area contributed by atoms with Gasteiger partial charge in [-0.3, -0.25) is 14.5 Å². The van der Waals surface area contributed by atoms with Gasteiger partial charge < -0.3 is 15.4 Å². The molecule has 136 valence electrons. The Morgan fingerprint density at radius 2 is 2.20 bits per heavy atom. The third-order valence-corrected chi connectivity index (χ3v) is 5.14. The maximum atomic E-state index is 12.3. The lowest BCUT2D eigenvalue weighted by molar-refractivity contribution is -0.134. The normalized spacial score (nSPS) is 21.4.